The van der Waals surface area contributed by atoms with Gasteiger partial charge in [-0.1, -0.05) is 42.5 Å². The normalized spacial score (nSPS) is 11.0. The molecule has 0 saturated heterocycles. The Bertz CT molecular complexity index is 1070. The summed E-state index contributed by atoms with van der Waals surface area (Å²) in [4.78, 5) is 24.3. The highest BCUT2D eigenvalue weighted by atomic mass is 16.5. The van der Waals surface area contributed by atoms with Gasteiger partial charge < -0.3 is 20.3 Å². The van der Waals surface area contributed by atoms with E-state index in [1.54, 1.807) is 18.2 Å². The Morgan fingerprint density at radius 3 is 2.30 bits per heavy atom. The predicted molar refractivity (Wildman–Crippen MR) is 116 cm³/mol. The molecule has 0 spiro atoms. The van der Waals surface area contributed by atoms with E-state index < -0.39 is 11.9 Å². The lowest BCUT2D eigenvalue weighted by Gasteiger charge is -2.12. The van der Waals surface area contributed by atoms with Gasteiger partial charge in [0.25, 0.3) is 5.91 Å². The average Bonchev–Trinajstić information content (AvgIpc) is 2.75. The first-order valence-electron chi connectivity index (χ1n) is 9.35. The number of ether oxygens (including phenoxy) is 1. The molecule has 0 radical (unpaired) electrons. The lowest BCUT2D eigenvalue weighted by molar-refractivity contribution is -0.111. The van der Waals surface area contributed by atoms with Gasteiger partial charge in [-0.05, 0) is 54.5 Å². The van der Waals surface area contributed by atoms with Crippen LogP contribution in [0.1, 0.15) is 28.4 Å². The standard InChI is InChI=1S/C24H21NO5/c1-2-30-19-11-8-16(9-12-19)14-20(17-6-4-3-5-7-17)23(27)25-21-15-18(24(28)29)10-13-22(21)26/h3-15,26H,2H2,1H3,(H,25,27)(H,28,29)/b20-14+. The maximum Gasteiger partial charge on any atom is 0.335 e. The summed E-state index contributed by atoms with van der Waals surface area (Å²) in [6.07, 6.45) is 1.72. The van der Waals surface area contributed by atoms with E-state index in [1.807, 2.05) is 49.4 Å². The van der Waals surface area contributed by atoms with E-state index in [9.17, 15) is 14.7 Å². The summed E-state index contributed by atoms with van der Waals surface area (Å²) in [5, 5.41) is 21.8. The van der Waals surface area contributed by atoms with E-state index in [1.165, 1.54) is 18.2 Å². The molecule has 0 bridgehead atoms. The van der Waals surface area contributed by atoms with Crippen LogP contribution in [0.2, 0.25) is 0 Å². The van der Waals surface area contributed by atoms with Crippen molar-refractivity contribution in [1.29, 1.82) is 0 Å². The van der Waals surface area contributed by atoms with Crippen molar-refractivity contribution < 1.29 is 24.5 Å². The minimum atomic E-state index is -1.15. The Labute approximate surface area is 174 Å². The molecule has 6 heteroatoms. The molecule has 0 saturated carbocycles. The fraction of sp³-hybridized carbons (Fsp3) is 0.0833. The van der Waals surface area contributed by atoms with Crippen LogP contribution >= 0.6 is 0 Å². The Balaban J connectivity index is 1.96. The number of nitrogens with one attached hydrogen (secondary N) is 1. The van der Waals surface area contributed by atoms with Gasteiger partial charge in [0, 0.05) is 5.57 Å². The van der Waals surface area contributed by atoms with Crippen molar-refractivity contribution in [3.8, 4) is 11.5 Å². The maximum absolute atomic E-state index is 13.1. The van der Waals surface area contributed by atoms with Gasteiger partial charge in [-0.15, -0.1) is 0 Å². The number of carbonyl (C=O) groups excluding carboxylic acids is 1. The molecule has 1 amide bonds. The second-order valence-corrected chi connectivity index (χ2v) is 6.42. The van der Waals surface area contributed by atoms with Crippen LogP contribution in [-0.4, -0.2) is 28.7 Å². The highest BCUT2D eigenvalue weighted by Gasteiger charge is 2.16. The first-order chi connectivity index (χ1) is 14.5. The maximum atomic E-state index is 13.1. The molecular weight excluding hydrogens is 382 g/mol. The van der Waals surface area contributed by atoms with E-state index in [-0.39, 0.29) is 17.0 Å². The summed E-state index contributed by atoms with van der Waals surface area (Å²) in [6, 6.07) is 20.1. The van der Waals surface area contributed by atoms with Crippen LogP contribution in [0, 0.1) is 0 Å². The van der Waals surface area contributed by atoms with E-state index in [4.69, 9.17) is 9.84 Å². The molecule has 30 heavy (non-hydrogen) atoms. The average molecular weight is 403 g/mol. The summed E-state index contributed by atoms with van der Waals surface area (Å²) in [5.74, 6) is -1.12. The van der Waals surface area contributed by atoms with Crippen molar-refractivity contribution in [3.63, 3.8) is 0 Å². The van der Waals surface area contributed by atoms with Gasteiger partial charge in [-0.25, -0.2) is 4.79 Å². The minimum absolute atomic E-state index is 0.0217. The quantitative estimate of drug-likeness (QED) is 0.303. The molecule has 3 aromatic carbocycles. The van der Waals surface area contributed by atoms with E-state index in [0.29, 0.717) is 17.7 Å². The monoisotopic (exact) mass is 403 g/mol. The molecule has 0 aliphatic carbocycles. The fourth-order valence-electron chi connectivity index (χ4n) is 2.85. The van der Waals surface area contributed by atoms with Crippen LogP contribution < -0.4 is 10.1 Å². The number of anilines is 1. The summed E-state index contributed by atoms with van der Waals surface area (Å²) in [5.41, 5.74) is 1.81. The topological polar surface area (TPSA) is 95.9 Å². The third kappa shape index (κ3) is 5.05. The molecule has 0 aliphatic heterocycles. The number of aromatic carboxylic acids is 1. The molecule has 0 heterocycles. The zero-order valence-electron chi connectivity index (χ0n) is 16.3. The van der Waals surface area contributed by atoms with Crippen molar-refractivity contribution in [2.45, 2.75) is 6.92 Å². The number of carboxylic acid groups (broad SMARTS) is 1. The number of aromatic hydroxyl groups is 1. The summed E-state index contributed by atoms with van der Waals surface area (Å²) >= 11 is 0. The number of amides is 1. The zero-order valence-corrected chi connectivity index (χ0v) is 16.3. The van der Waals surface area contributed by atoms with Gasteiger partial charge in [0.2, 0.25) is 0 Å². The van der Waals surface area contributed by atoms with Gasteiger partial charge in [-0.3, -0.25) is 4.79 Å². The van der Waals surface area contributed by atoms with Gasteiger partial charge in [0.15, 0.2) is 0 Å². The van der Waals surface area contributed by atoms with Crippen molar-refractivity contribution in [3.05, 3.63) is 89.5 Å². The smallest absolute Gasteiger partial charge is 0.335 e. The van der Waals surface area contributed by atoms with Gasteiger partial charge >= 0.3 is 5.97 Å². The molecule has 0 aliphatic rings. The van der Waals surface area contributed by atoms with Gasteiger partial charge in [0.1, 0.15) is 11.5 Å². The van der Waals surface area contributed by atoms with Crippen molar-refractivity contribution >= 4 is 29.2 Å². The molecule has 0 fully saturated rings. The molecule has 0 unspecified atom stereocenters. The molecule has 0 atom stereocenters. The SMILES string of the molecule is CCOc1ccc(/C=C(/C(=O)Nc2cc(C(=O)O)ccc2O)c2ccccc2)cc1. The summed E-state index contributed by atoms with van der Waals surface area (Å²) < 4.78 is 5.44. The van der Waals surface area contributed by atoms with Crippen LogP contribution in [0.4, 0.5) is 5.69 Å². The van der Waals surface area contributed by atoms with Crippen LogP contribution in [0.3, 0.4) is 0 Å². The van der Waals surface area contributed by atoms with E-state index >= 15 is 0 Å². The number of carboxylic acids is 1. The summed E-state index contributed by atoms with van der Waals surface area (Å²) in [7, 11) is 0. The Morgan fingerprint density at radius 2 is 1.67 bits per heavy atom. The zero-order chi connectivity index (χ0) is 21.5. The molecule has 3 rings (SSSR count). The van der Waals surface area contributed by atoms with E-state index in [2.05, 4.69) is 5.32 Å². The number of carbonyl (C=O) groups is 2. The molecule has 6 nitrogen and oxygen atoms in total. The Hall–Kier alpha value is -4.06. The number of hydrogen-bond donors (Lipinski definition) is 3. The Kier molecular flexibility index (Phi) is 6.49. The lowest BCUT2D eigenvalue weighted by Crippen LogP contribution is -2.14. The Morgan fingerprint density at radius 1 is 0.967 bits per heavy atom. The predicted octanol–water partition coefficient (Wildman–Crippen LogP) is 4.67. The molecule has 152 valence electrons. The largest absolute Gasteiger partial charge is 0.506 e. The van der Waals surface area contributed by atoms with Crippen molar-refractivity contribution in [1.82, 2.24) is 0 Å². The van der Waals surface area contributed by atoms with Crippen LogP contribution in [-0.2, 0) is 4.79 Å². The third-order valence-corrected chi connectivity index (χ3v) is 4.32. The van der Waals surface area contributed by atoms with Crippen LogP contribution in [0.15, 0.2) is 72.8 Å². The van der Waals surface area contributed by atoms with Crippen molar-refractivity contribution in [2.75, 3.05) is 11.9 Å². The second-order valence-electron chi connectivity index (χ2n) is 6.42. The molecule has 3 aromatic rings. The molecular formula is C24H21NO5. The van der Waals surface area contributed by atoms with Crippen molar-refractivity contribution in [2.24, 2.45) is 0 Å². The number of rotatable bonds is 7. The first-order valence-corrected chi connectivity index (χ1v) is 9.35. The number of phenolic OH excluding ortho intramolecular Hbond substituents is 1. The van der Waals surface area contributed by atoms with Crippen LogP contribution in [0.5, 0.6) is 11.5 Å². The highest BCUT2D eigenvalue weighted by molar-refractivity contribution is 6.29. The minimum Gasteiger partial charge on any atom is -0.506 e. The van der Waals surface area contributed by atoms with Gasteiger partial charge in [0.05, 0.1) is 17.9 Å². The lowest BCUT2D eigenvalue weighted by atomic mass is 10.0. The van der Waals surface area contributed by atoms with Crippen LogP contribution in [0.25, 0.3) is 11.6 Å². The fourth-order valence-corrected chi connectivity index (χ4v) is 2.85. The highest BCUT2D eigenvalue weighted by Crippen LogP contribution is 2.27. The second kappa shape index (κ2) is 9.43. The van der Waals surface area contributed by atoms with Gasteiger partial charge in [-0.2, -0.15) is 0 Å². The third-order valence-electron chi connectivity index (χ3n) is 4.32. The molecule has 0 aromatic heterocycles. The number of benzene rings is 3. The first kappa shape index (κ1) is 20.7. The number of phenols is 1. The van der Waals surface area contributed by atoms with E-state index in [0.717, 1.165) is 11.3 Å². The molecule has 3 N–H and O–H groups in total. The summed E-state index contributed by atoms with van der Waals surface area (Å²) in [6.45, 7) is 2.46. The number of hydrogen-bond acceptors (Lipinski definition) is 4.